The second-order valence-electron chi connectivity index (χ2n) is 1.66. The zero-order valence-corrected chi connectivity index (χ0v) is 12.1. The molecule has 0 spiro atoms. The normalized spacial score (nSPS) is 10.2. The Kier molecular flexibility index (Phi) is 44.3. The molecule has 1 rings (SSSR count). The van der Waals surface area contributed by atoms with Crippen molar-refractivity contribution in [1.29, 1.82) is 0 Å². The molecule has 0 heterocycles. The number of hydrogen-bond donors (Lipinski definition) is 0. The third kappa shape index (κ3) is 11.4. The molecule has 0 aliphatic heterocycles. The fourth-order valence-electron chi connectivity index (χ4n) is 0.693. The first-order valence-electron chi connectivity index (χ1n) is 2.69. The van der Waals surface area contributed by atoms with E-state index in [9.17, 15) is 0 Å². The summed E-state index contributed by atoms with van der Waals surface area (Å²) in [5.41, 5.74) is 1.36. The molecule has 0 fully saturated rings. The molecule has 0 amide bonds. The SMILES string of the molecule is CCC1=[C-]CC=C1.Cl.Cl.Cl.Cl.[Nb]. The van der Waals surface area contributed by atoms with Crippen molar-refractivity contribution in [2.75, 3.05) is 0 Å². The van der Waals surface area contributed by atoms with Gasteiger partial charge in [-0.25, -0.2) is 11.6 Å². The van der Waals surface area contributed by atoms with Gasteiger partial charge in [-0.3, -0.25) is 6.08 Å². The Morgan fingerprint density at radius 2 is 1.75 bits per heavy atom. The number of halogens is 4. The first-order chi connectivity index (χ1) is 3.43. The molecule has 0 saturated heterocycles. The molecule has 0 saturated carbocycles. The molecule has 5 heteroatoms. The Morgan fingerprint density at radius 3 is 1.92 bits per heavy atom. The quantitative estimate of drug-likeness (QED) is 0.507. The van der Waals surface area contributed by atoms with Crippen molar-refractivity contribution in [3.63, 3.8) is 0 Å². The first-order valence-corrected chi connectivity index (χ1v) is 2.69. The molecular formula is C7H13Cl4Nb-. The fourth-order valence-corrected chi connectivity index (χ4v) is 0.693. The van der Waals surface area contributed by atoms with E-state index >= 15 is 0 Å². The number of hydrogen-bond acceptors (Lipinski definition) is 0. The molecule has 12 heavy (non-hydrogen) atoms. The standard InChI is InChI=1S/C7H9.4ClH.Nb/c1-2-7-5-3-4-6-7;;;;;/h3,5H,2,4H2,1H3;4*1H;/q-1;;;;;. The Hall–Kier alpha value is 1.38. The Bertz CT molecular complexity index is 123. The zero-order valence-electron chi connectivity index (χ0n) is 6.65. The summed E-state index contributed by atoms with van der Waals surface area (Å²) in [5.74, 6) is 0. The molecule has 0 aromatic rings. The second-order valence-corrected chi connectivity index (χ2v) is 1.66. The summed E-state index contributed by atoms with van der Waals surface area (Å²) in [5, 5.41) is 0. The second kappa shape index (κ2) is 18.2. The molecule has 1 radical (unpaired) electrons. The van der Waals surface area contributed by atoms with Gasteiger partial charge in [0.25, 0.3) is 0 Å². The van der Waals surface area contributed by atoms with Crippen LogP contribution in [0.3, 0.4) is 0 Å². The summed E-state index contributed by atoms with van der Waals surface area (Å²) in [7, 11) is 0. The van der Waals surface area contributed by atoms with Gasteiger partial charge >= 0.3 is 0 Å². The molecule has 0 aromatic carbocycles. The van der Waals surface area contributed by atoms with Crippen molar-refractivity contribution >= 4 is 49.6 Å². The van der Waals surface area contributed by atoms with Gasteiger partial charge in [0.1, 0.15) is 0 Å². The van der Waals surface area contributed by atoms with E-state index in [-0.39, 0.29) is 72.0 Å². The van der Waals surface area contributed by atoms with Crippen LogP contribution in [0.4, 0.5) is 0 Å². The first kappa shape index (κ1) is 29.2. The number of rotatable bonds is 1. The van der Waals surface area contributed by atoms with Gasteiger partial charge in [-0.05, 0) is 0 Å². The molecule has 1 aliphatic rings. The predicted octanol–water partition coefficient (Wildman–Crippen LogP) is 3.77. The van der Waals surface area contributed by atoms with Crippen LogP contribution in [0.5, 0.6) is 0 Å². The van der Waals surface area contributed by atoms with Gasteiger partial charge in [-0.15, -0.1) is 56.0 Å². The fraction of sp³-hybridized carbons (Fsp3) is 0.429. The van der Waals surface area contributed by atoms with Crippen LogP contribution >= 0.6 is 49.6 Å². The van der Waals surface area contributed by atoms with E-state index in [0.29, 0.717) is 0 Å². The van der Waals surface area contributed by atoms with Gasteiger partial charge in [0.15, 0.2) is 0 Å². The van der Waals surface area contributed by atoms with Gasteiger partial charge in [0.05, 0.1) is 0 Å². The van der Waals surface area contributed by atoms with Crippen LogP contribution in [0.1, 0.15) is 19.8 Å². The summed E-state index contributed by atoms with van der Waals surface area (Å²) in [4.78, 5) is 0. The summed E-state index contributed by atoms with van der Waals surface area (Å²) in [6, 6.07) is 0. The molecule has 75 valence electrons. The van der Waals surface area contributed by atoms with Gasteiger partial charge in [0.2, 0.25) is 0 Å². The van der Waals surface area contributed by atoms with Crippen LogP contribution in [0.2, 0.25) is 0 Å². The molecule has 0 atom stereocenters. The molecule has 1 aliphatic carbocycles. The van der Waals surface area contributed by atoms with Crippen LogP contribution in [-0.2, 0) is 22.4 Å². The smallest absolute Gasteiger partial charge is 0 e. The van der Waals surface area contributed by atoms with Gasteiger partial charge in [-0.2, -0.15) is 6.08 Å². The summed E-state index contributed by atoms with van der Waals surface area (Å²) >= 11 is 0. The van der Waals surface area contributed by atoms with Crippen LogP contribution in [0, 0.1) is 6.08 Å². The topological polar surface area (TPSA) is 0 Å². The Labute approximate surface area is 115 Å². The maximum absolute atomic E-state index is 3.21. The van der Waals surface area contributed by atoms with E-state index in [2.05, 4.69) is 25.2 Å². The van der Waals surface area contributed by atoms with Crippen molar-refractivity contribution in [1.82, 2.24) is 0 Å². The minimum Gasteiger partial charge on any atom is -0.270 e. The van der Waals surface area contributed by atoms with E-state index in [0.717, 1.165) is 12.8 Å². The predicted molar refractivity (Wildman–Crippen MR) is 59.8 cm³/mol. The van der Waals surface area contributed by atoms with Crippen LogP contribution < -0.4 is 0 Å². The minimum absolute atomic E-state index is 0. The largest absolute Gasteiger partial charge is 0.270 e. The maximum atomic E-state index is 3.21. The van der Waals surface area contributed by atoms with Crippen molar-refractivity contribution < 1.29 is 22.4 Å². The average molecular weight is 332 g/mol. The monoisotopic (exact) mass is 330 g/mol. The molecule has 0 unspecified atom stereocenters. The van der Waals surface area contributed by atoms with Crippen molar-refractivity contribution in [2.24, 2.45) is 0 Å². The van der Waals surface area contributed by atoms with Crippen molar-refractivity contribution in [2.45, 2.75) is 19.8 Å². The van der Waals surface area contributed by atoms with E-state index in [4.69, 9.17) is 0 Å². The third-order valence-corrected chi connectivity index (χ3v) is 1.15. The zero-order chi connectivity index (χ0) is 5.11. The maximum Gasteiger partial charge on any atom is 0 e. The van der Waals surface area contributed by atoms with E-state index in [1.54, 1.807) is 0 Å². The van der Waals surface area contributed by atoms with Crippen molar-refractivity contribution in [3.8, 4) is 0 Å². The number of allylic oxidation sites excluding steroid dienone is 4. The van der Waals surface area contributed by atoms with E-state index in [1.165, 1.54) is 5.57 Å². The molecule has 0 nitrogen and oxygen atoms in total. The van der Waals surface area contributed by atoms with Gasteiger partial charge in [-0.1, -0.05) is 13.3 Å². The molecule has 0 N–H and O–H groups in total. The summed E-state index contributed by atoms with van der Waals surface area (Å²) in [6.07, 6.45) is 9.65. The Morgan fingerprint density at radius 1 is 1.25 bits per heavy atom. The van der Waals surface area contributed by atoms with Gasteiger partial charge in [0, 0.05) is 22.4 Å². The van der Waals surface area contributed by atoms with Crippen LogP contribution in [0.15, 0.2) is 17.7 Å². The van der Waals surface area contributed by atoms with Crippen molar-refractivity contribution in [3.05, 3.63) is 23.8 Å². The molecular weight excluding hydrogens is 319 g/mol. The summed E-state index contributed by atoms with van der Waals surface area (Å²) < 4.78 is 0. The summed E-state index contributed by atoms with van der Waals surface area (Å²) in [6.45, 7) is 2.15. The molecule has 0 bridgehead atoms. The average Bonchev–Trinajstić information content (AvgIpc) is 2.14. The van der Waals surface area contributed by atoms with Crippen LogP contribution in [-0.4, -0.2) is 0 Å². The minimum atomic E-state index is 0. The Balaban J connectivity index is -0.0000000327. The third-order valence-electron chi connectivity index (χ3n) is 1.15. The van der Waals surface area contributed by atoms with E-state index in [1.807, 2.05) is 0 Å². The molecule has 0 aromatic heterocycles. The van der Waals surface area contributed by atoms with Crippen LogP contribution in [0.25, 0.3) is 0 Å². The van der Waals surface area contributed by atoms with Gasteiger partial charge < -0.3 is 0 Å². The van der Waals surface area contributed by atoms with E-state index < -0.39 is 0 Å².